The maximum atomic E-state index is 13.4. The molecule has 0 aliphatic carbocycles. The fourth-order valence-electron chi connectivity index (χ4n) is 3.20. The zero-order valence-electron chi connectivity index (χ0n) is 16.4. The molecule has 31 heavy (non-hydrogen) atoms. The van der Waals surface area contributed by atoms with Gasteiger partial charge in [-0.15, -0.1) is 5.10 Å². The summed E-state index contributed by atoms with van der Waals surface area (Å²) in [5.74, 6) is 0.367. The van der Waals surface area contributed by atoms with Crippen molar-refractivity contribution in [2.45, 2.75) is 20.0 Å². The third-order valence-electron chi connectivity index (χ3n) is 4.80. The molecule has 9 nitrogen and oxygen atoms in total. The van der Waals surface area contributed by atoms with Gasteiger partial charge in [-0.2, -0.15) is 4.98 Å². The predicted molar refractivity (Wildman–Crippen MR) is 109 cm³/mol. The number of hydrogen-bond donors (Lipinski definition) is 0. The minimum atomic E-state index is -0.384. The maximum absolute atomic E-state index is 13.4. The van der Waals surface area contributed by atoms with Gasteiger partial charge in [-0.05, 0) is 24.6 Å². The van der Waals surface area contributed by atoms with Crippen LogP contribution in [0.4, 0.5) is 4.39 Å². The van der Waals surface area contributed by atoms with Crippen molar-refractivity contribution in [3.63, 3.8) is 0 Å². The third kappa shape index (κ3) is 3.70. The van der Waals surface area contributed by atoms with Crippen LogP contribution in [0.5, 0.6) is 0 Å². The molecular formula is C21H16FN7O2. The van der Waals surface area contributed by atoms with Gasteiger partial charge in [0.05, 0.1) is 6.54 Å². The molecule has 0 N–H and O–H groups in total. The monoisotopic (exact) mass is 417 g/mol. The number of rotatable bonds is 5. The van der Waals surface area contributed by atoms with E-state index >= 15 is 0 Å². The number of halogens is 1. The standard InChI is InChI=1S/C21H16FN7O2/c1-13-5-7-15(8-6-13)19-24-17(31-26-19)11-28-12-23-20-18(21(28)30)25-27-29(20)10-14-3-2-4-16(22)9-14/h2-9,12H,10-11H2,1H3. The Hall–Kier alpha value is -4.21. The smallest absolute Gasteiger partial charge is 0.283 e. The van der Waals surface area contributed by atoms with Crippen molar-refractivity contribution in [1.29, 1.82) is 0 Å². The first kappa shape index (κ1) is 18.8. The van der Waals surface area contributed by atoms with Crippen molar-refractivity contribution < 1.29 is 8.91 Å². The summed E-state index contributed by atoms with van der Waals surface area (Å²) in [5, 5.41) is 11.9. The van der Waals surface area contributed by atoms with Crippen LogP contribution < -0.4 is 5.56 Å². The largest absolute Gasteiger partial charge is 0.337 e. The van der Waals surface area contributed by atoms with Gasteiger partial charge in [0.1, 0.15) is 18.7 Å². The van der Waals surface area contributed by atoms with Crippen LogP contribution in [0.15, 0.2) is 64.2 Å². The fourth-order valence-corrected chi connectivity index (χ4v) is 3.20. The van der Waals surface area contributed by atoms with Gasteiger partial charge in [0.15, 0.2) is 11.2 Å². The summed E-state index contributed by atoms with van der Waals surface area (Å²) in [4.78, 5) is 21.5. The van der Waals surface area contributed by atoms with Gasteiger partial charge in [-0.3, -0.25) is 9.36 Å². The predicted octanol–water partition coefficient (Wildman–Crippen LogP) is 2.58. The van der Waals surface area contributed by atoms with Crippen LogP contribution in [0.1, 0.15) is 17.0 Å². The molecule has 0 amide bonds. The summed E-state index contributed by atoms with van der Waals surface area (Å²) in [6.45, 7) is 2.29. The number of nitrogens with zero attached hydrogens (tertiary/aromatic N) is 7. The molecule has 0 spiro atoms. The molecule has 5 rings (SSSR count). The van der Waals surface area contributed by atoms with Gasteiger partial charge in [0.25, 0.3) is 5.56 Å². The summed E-state index contributed by atoms with van der Waals surface area (Å²) in [6, 6.07) is 13.9. The third-order valence-corrected chi connectivity index (χ3v) is 4.80. The van der Waals surface area contributed by atoms with E-state index in [2.05, 4.69) is 25.4 Å². The van der Waals surface area contributed by atoms with Crippen molar-refractivity contribution in [3.8, 4) is 11.4 Å². The lowest BCUT2D eigenvalue weighted by molar-refractivity contribution is 0.369. The Bertz CT molecular complexity index is 1440. The first-order chi connectivity index (χ1) is 15.1. The highest BCUT2D eigenvalue weighted by Gasteiger charge is 2.15. The van der Waals surface area contributed by atoms with Gasteiger partial charge in [0, 0.05) is 5.56 Å². The van der Waals surface area contributed by atoms with Crippen molar-refractivity contribution in [2.24, 2.45) is 0 Å². The molecule has 0 saturated heterocycles. The lowest BCUT2D eigenvalue weighted by Crippen LogP contribution is -2.21. The second kappa shape index (κ2) is 7.56. The van der Waals surface area contributed by atoms with E-state index in [4.69, 9.17) is 4.52 Å². The molecule has 3 aromatic heterocycles. The summed E-state index contributed by atoms with van der Waals surface area (Å²) in [5.41, 5.74) is 2.68. The van der Waals surface area contributed by atoms with Crippen LogP contribution in [0.3, 0.4) is 0 Å². The van der Waals surface area contributed by atoms with E-state index in [-0.39, 0.29) is 35.9 Å². The lowest BCUT2D eigenvalue weighted by Gasteiger charge is -2.03. The SMILES string of the molecule is Cc1ccc(-c2noc(Cn3cnc4c(nnn4Cc4cccc(F)c4)c3=O)n2)cc1. The Morgan fingerprint density at radius 3 is 2.74 bits per heavy atom. The molecule has 3 heterocycles. The second-order valence-corrected chi connectivity index (χ2v) is 7.10. The Kier molecular flexibility index (Phi) is 4.58. The van der Waals surface area contributed by atoms with Crippen LogP contribution in [-0.4, -0.2) is 34.7 Å². The Morgan fingerprint density at radius 1 is 1.10 bits per heavy atom. The molecule has 0 aliphatic heterocycles. The molecule has 0 atom stereocenters. The number of fused-ring (bicyclic) bond motifs is 1. The second-order valence-electron chi connectivity index (χ2n) is 7.10. The Balaban J connectivity index is 1.41. The number of aromatic nitrogens is 7. The van der Waals surface area contributed by atoms with Crippen LogP contribution >= 0.6 is 0 Å². The minimum absolute atomic E-state index is 0.0530. The Labute approximate surface area is 174 Å². The normalized spacial score (nSPS) is 11.3. The molecular weight excluding hydrogens is 401 g/mol. The number of benzene rings is 2. The van der Waals surface area contributed by atoms with Crippen molar-refractivity contribution in [2.75, 3.05) is 0 Å². The zero-order valence-corrected chi connectivity index (χ0v) is 16.4. The average Bonchev–Trinajstić information content (AvgIpc) is 3.39. The van der Waals surface area contributed by atoms with E-state index in [0.29, 0.717) is 17.0 Å². The van der Waals surface area contributed by atoms with Crippen LogP contribution in [-0.2, 0) is 13.1 Å². The topological polar surface area (TPSA) is 105 Å². The molecule has 0 bridgehead atoms. The highest BCUT2D eigenvalue weighted by molar-refractivity contribution is 5.67. The van der Waals surface area contributed by atoms with Gasteiger partial charge in [0.2, 0.25) is 11.7 Å². The van der Waals surface area contributed by atoms with Gasteiger partial charge in [-0.25, -0.2) is 14.1 Å². The highest BCUT2D eigenvalue weighted by atomic mass is 19.1. The molecule has 154 valence electrons. The van der Waals surface area contributed by atoms with E-state index in [9.17, 15) is 9.18 Å². The summed E-state index contributed by atoms with van der Waals surface area (Å²) < 4.78 is 21.5. The molecule has 0 fully saturated rings. The molecule has 5 aromatic rings. The molecule has 10 heteroatoms. The summed E-state index contributed by atoms with van der Waals surface area (Å²) in [7, 11) is 0. The van der Waals surface area contributed by atoms with E-state index in [1.54, 1.807) is 12.1 Å². The van der Waals surface area contributed by atoms with Crippen LogP contribution in [0.2, 0.25) is 0 Å². The van der Waals surface area contributed by atoms with Crippen molar-refractivity contribution >= 4 is 11.2 Å². The highest BCUT2D eigenvalue weighted by Crippen LogP contribution is 2.16. The minimum Gasteiger partial charge on any atom is -0.337 e. The summed E-state index contributed by atoms with van der Waals surface area (Å²) >= 11 is 0. The molecule has 0 saturated carbocycles. The van der Waals surface area contributed by atoms with Crippen LogP contribution in [0, 0.1) is 12.7 Å². The summed E-state index contributed by atoms with van der Waals surface area (Å²) in [6.07, 6.45) is 1.38. The van der Waals surface area contributed by atoms with E-state index < -0.39 is 0 Å². The average molecular weight is 417 g/mol. The van der Waals surface area contributed by atoms with Gasteiger partial charge in [-0.1, -0.05) is 52.3 Å². The molecule has 0 radical (unpaired) electrons. The van der Waals surface area contributed by atoms with Gasteiger partial charge < -0.3 is 4.52 Å². The Morgan fingerprint density at radius 2 is 1.94 bits per heavy atom. The van der Waals surface area contributed by atoms with Crippen LogP contribution in [0.25, 0.3) is 22.6 Å². The first-order valence-electron chi connectivity index (χ1n) is 9.49. The maximum Gasteiger partial charge on any atom is 0.283 e. The van der Waals surface area contributed by atoms with Gasteiger partial charge >= 0.3 is 0 Å². The van der Waals surface area contributed by atoms with Crippen molar-refractivity contribution in [3.05, 3.63) is 88.0 Å². The molecule has 0 aliphatic rings. The lowest BCUT2D eigenvalue weighted by atomic mass is 10.1. The van der Waals surface area contributed by atoms with E-state index in [0.717, 1.165) is 11.1 Å². The molecule has 2 aromatic carbocycles. The fraction of sp³-hybridized carbons (Fsp3) is 0.143. The number of hydrogen-bond acceptors (Lipinski definition) is 7. The quantitative estimate of drug-likeness (QED) is 0.433. The van der Waals surface area contributed by atoms with E-state index in [1.807, 2.05) is 31.2 Å². The zero-order chi connectivity index (χ0) is 21.4. The molecule has 0 unspecified atom stereocenters. The first-order valence-corrected chi connectivity index (χ1v) is 9.49. The van der Waals surface area contributed by atoms with Crippen molar-refractivity contribution in [1.82, 2.24) is 34.7 Å². The number of aryl methyl sites for hydroxylation is 1. The van der Waals surface area contributed by atoms with E-state index in [1.165, 1.54) is 27.7 Å².